The zero-order valence-electron chi connectivity index (χ0n) is 14.6. The normalized spacial score (nSPS) is 11.5. The molecule has 0 saturated carbocycles. The maximum atomic E-state index is 12.1. The minimum atomic E-state index is -0.717. The number of amides is 1. The predicted molar refractivity (Wildman–Crippen MR) is 97.2 cm³/mol. The van der Waals surface area contributed by atoms with E-state index in [9.17, 15) is 19.7 Å². The van der Waals surface area contributed by atoms with E-state index in [1.54, 1.807) is 6.07 Å². The van der Waals surface area contributed by atoms with Crippen LogP contribution in [0.4, 0.5) is 11.4 Å². The maximum Gasteiger partial charge on any atom is 0.338 e. The highest BCUT2D eigenvalue weighted by Crippen LogP contribution is 2.26. The molecule has 0 saturated heterocycles. The number of para-hydroxylation sites is 1. The molecule has 2 aromatic rings. The first-order valence-electron chi connectivity index (χ1n) is 8.22. The van der Waals surface area contributed by atoms with Crippen molar-refractivity contribution in [2.45, 2.75) is 26.2 Å². The number of ether oxygens (including phenoxy) is 1. The summed E-state index contributed by atoms with van der Waals surface area (Å²) in [6, 6.07) is 12.5. The van der Waals surface area contributed by atoms with Gasteiger partial charge in [-0.1, -0.05) is 32.0 Å². The fraction of sp³-hybridized carbons (Fsp3) is 0.263. The second kappa shape index (κ2) is 8.75. The minimum absolute atomic E-state index is 0.124. The molecular weight excluding hydrogens is 336 g/mol. The first-order valence-corrected chi connectivity index (χ1v) is 8.22. The van der Waals surface area contributed by atoms with Crippen molar-refractivity contribution in [2.75, 3.05) is 11.9 Å². The summed E-state index contributed by atoms with van der Waals surface area (Å²) in [5.41, 5.74) is 1.73. The van der Waals surface area contributed by atoms with Gasteiger partial charge in [0.05, 0.1) is 10.5 Å². The van der Waals surface area contributed by atoms with Gasteiger partial charge in [-0.25, -0.2) is 4.79 Å². The highest BCUT2D eigenvalue weighted by molar-refractivity contribution is 5.96. The first kappa shape index (κ1) is 19.1. The molecular formula is C19H20N2O5. The van der Waals surface area contributed by atoms with Crippen LogP contribution in [0.3, 0.4) is 0 Å². The number of benzene rings is 2. The molecule has 0 aliphatic carbocycles. The van der Waals surface area contributed by atoms with Crippen LogP contribution in [0.1, 0.15) is 42.1 Å². The summed E-state index contributed by atoms with van der Waals surface area (Å²) in [6.45, 7) is 3.69. The van der Waals surface area contributed by atoms with Crippen LogP contribution < -0.4 is 5.32 Å². The number of carbonyl (C=O) groups excluding carboxylic acids is 2. The Labute approximate surface area is 151 Å². The highest BCUT2D eigenvalue weighted by atomic mass is 16.6. The molecule has 0 bridgehead atoms. The number of nitro benzene ring substituents is 1. The van der Waals surface area contributed by atoms with E-state index in [2.05, 4.69) is 19.2 Å². The molecule has 0 radical (unpaired) electrons. The summed E-state index contributed by atoms with van der Waals surface area (Å²) in [4.78, 5) is 34.1. The van der Waals surface area contributed by atoms with Crippen molar-refractivity contribution >= 4 is 23.3 Å². The molecule has 0 aromatic heterocycles. The number of rotatable bonds is 7. The number of esters is 1. The Morgan fingerprint density at radius 3 is 2.42 bits per heavy atom. The van der Waals surface area contributed by atoms with E-state index in [4.69, 9.17) is 4.74 Å². The molecule has 136 valence electrons. The van der Waals surface area contributed by atoms with Gasteiger partial charge in [-0.2, -0.15) is 0 Å². The van der Waals surface area contributed by atoms with E-state index in [0.29, 0.717) is 5.69 Å². The lowest BCUT2D eigenvalue weighted by Crippen LogP contribution is -2.21. The van der Waals surface area contributed by atoms with E-state index in [-0.39, 0.29) is 17.2 Å². The molecule has 1 amide bonds. The van der Waals surface area contributed by atoms with Crippen LogP contribution in [0.5, 0.6) is 0 Å². The van der Waals surface area contributed by atoms with Crippen molar-refractivity contribution in [3.8, 4) is 0 Å². The molecule has 0 heterocycles. The molecule has 1 atom stereocenters. The number of nitro groups is 1. The van der Waals surface area contributed by atoms with Crippen LogP contribution in [0.15, 0.2) is 48.5 Å². The van der Waals surface area contributed by atoms with Crippen LogP contribution in [0.2, 0.25) is 0 Å². The fourth-order valence-electron chi connectivity index (χ4n) is 2.38. The molecule has 2 rings (SSSR count). The van der Waals surface area contributed by atoms with Gasteiger partial charge in [0.15, 0.2) is 6.61 Å². The second-order valence-corrected chi connectivity index (χ2v) is 5.82. The van der Waals surface area contributed by atoms with Gasteiger partial charge in [0.1, 0.15) is 0 Å². The van der Waals surface area contributed by atoms with Crippen molar-refractivity contribution in [3.05, 3.63) is 69.8 Å². The Hall–Kier alpha value is -3.22. The third-order valence-electron chi connectivity index (χ3n) is 4.03. The lowest BCUT2D eigenvalue weighted by atomic mass is 9.97. The van der Waals surface area contributed by atoms with E-state index < -0.39 is 23.4 Å². The second-order valence-electron chi connectivity index (χ2n) is 5.82. The summed E-state index contributed by atoms with van der Waals surface area (Å²) in [7, 11) is 0. The molecule has 2 aromatic carbocycles. The first-order chi connectivity index (χ1) is 12.4. The van der Waals surface area contributed by atoms with Gasteiger partial charge in [-0.05, 0) is 36.1 Å². The van der Waals surface area contributed by atoms with Crippen LogP contribution in [0, 0.1) is 10.1 Å². The van der Waals surface area contributed by atoms with E-state index >= 15 is 0 Å². The van der Waals surface area contributed by atoms with Crippen molar-refractivity contribution in [3.63, 3.8) is 0 Å². The van der Waals surface area contributed by atoms with E-state index in [1.807, 2.05) is 18.2 Å². The summed E-state index contributed by atoms with van der Waals surface area (Å²) in [6.07, 6.45) is 0.933. The Morgan fingerprint density at radius 1 is 1.15 bits per heavy atom. The minimum Gasteiger partial charge on any atom is -0.452 e. The molecule has 0 aliphatic rings. The van der Waals surface area contributed by atoms with E-state index in [0.717, 1.165) is 12.0 Å². The lowest BCUT2D eigenvalue weighted by Gasteiger charge is -2.15. The smallest absolute Gasteiger partial charge is 0.338 e. The van der Waals surface area contributed by atoms with Gasteiger partial charge in [0.25, 0.3) is 11.6 Å². The summed E-state index contributed by atoms with van der Waals surface area (Å²) in [5.74, 6) is -0.879. The highest BCUT2D eigenvalue weighted by Gasteiger charge is 2.14. The Kier molecular flexibility index (Phi) is 6.43. The largest absolute Gasteiger partial charge is 0.452 e. The maximum absolute atomic E-state index is 12.1. The monoisotopic (exact) mass is 356 g/mol. The molecule has 7 heteroatoms. The average molecular weight is 356 g/mol. The van der Waals surface area contributed by atoms with Crippen molar-refractivity contribution in [2.24, 2.45) is 0 Å². The van der Waals surface area contributed by atoms with Crippen molar-refractivity contribution < 1.29 is 19.2 Å². The number of hydrogen-bond donors (Lipinski definition) is 1. The van der Waals surface area contributed by atoms with Gasteiger partial charge in [-0.3, -0.25) is 14.9 Å². The molecule has 26 heavy (non-hydrogen) atoms. The number of nitrogens with zero attached hydrogens (tertiary/aromatic N) is 1. The van der Waals surface area contributed by atoms with E-state index in [1.165, 1.54) is 24.3 Å². The zero-order chi connectivity index (χ0) is 19.1. The zero-order valence-corrected chi connectivity index (χ0v) is 14.6. The SMILES string of the molecule is CC[C@H](C)c1ccccc1NC(=O)COC(=O)c1ccc([N+](=O)[O-])cc1. The topological polar surface area (TPSA) is 98.5 Å². The third kappa shape index (κ3) is 4.89. The van der Waals surface area contributed by atoms with Crippen LogP contribution in [-0.4, -0.2) is 23.4 Å². The fourth-order valence-corrected chi connectivity index (χ4v) is 2.38. The third-order valence-corrected chi connectivity index (χ3v) is 4.03. The molecule has 0 fully saturated rings. The van der Waals surface area contributed by atoms with Gasteiger partial charge < -0.3 is 10.1 Å². The molecule has 0 spiro atoms. The number of hydrogen-bond acceptors (Lipinski definition) is 5. The number of anilines is 1. The van der Waals surface area contributed by atoms with Gasteiger partial charge in [-0.15, -0.1) is 0 Å². The van der Waals surface area contributed by atoms with Gasteiger partial charge >= 0.3 is 5.97 Å². The van der Waals surface area contributed by atoms with Crippen molar-refractivity contribution in [1.82, 2.24) is 0 Å². The number of non-ortho nitro benzene ring substituents is 1. The quantitative estimate of drug-likeness (QED) is 0.461. The predicted octanol–water partition coefficient (Wildman–Crippen LogP) is 3.90. The molecule has 0 aliphatic heterocycles. The number of nitrogens with one attached hydrogen (secondary N) is 1. The summed E-state index contributed by atoms with van der Waals surface area (Å²) < 4.78 is 4.97. The van der Waals surface area contributed by atoms with Gasteiger partial charge in [0, 0.05) is 17.8 Å². The Bertz CT molecular complexity index is 802. The standard InChI is InChI=1S/C19H20N2O5/c1-3-13(2)16-6-4-5-7-17(16)20-18(22)12-26-19(23)14-8-10-15(11-9-14)21(24)25/h4-11,13H,3,12H2,1-2H3,(H,20,22)/t13-/m0/s1. The van der Waals surface area contributed by atoms with Crippen LogP contribution >= 0.6 is 0 Å². The average Bonchev–Trinajstić information content (AvgIpc) is 2.66. The van der Waals surface area contributed by atoms with Gasteiger partial charge in [0.2, 0.25) is 0 Å². The lowest BCUT2D eigenvalue weighted by molar-refractivity contribution is -0.384. The number of carbonyl (C=O) groups is 2. The summed E-state index contributed by atoms with van der Waals surface area (Å²) in [5, 5.41) is 13.4. The summed E-state index contributed by atoms with van der Waals surface area (Å²) >= 11 is 0. The Morgan fingerprint density at radius 2 is 1.81 bits per heavy atom. The molecule has 1 N–H and O–H groups in total. The Balaban J connectivity index is 1.94. The van der Waals surface area contributed by atoms with Crippen molar-refractivity contribution in [1.29, 1.82) is 0 Å². The molecule has 0 unspecified atom stereocenters. The van der Waals surface area contributed by atoms with Crippen LogP contribution in [-0.2, 0) is 9.53 Å². The van der Waals surface area contributed by atoms with Crippen LogP contribution in [0.25, 0.3) is 0 Å². The molecule has 7 nitrogen and oxygen atoms in total.